The number of methoxy groups -OCH3 is 1. The van der Waals surface area contributed by atoms with Crippen LogP contribution >= 0.6 is 0 Å². The van der Waals surface area contributed by atoms with Crippen molar-refractivity contribution in [1.29, 1.82) is 0 Å². The molecular weight excluding hydrogens is 438 g/mol. The van der Waals surface area contributed by atoms with Gasteiger partial charge in [-0.05, 0) is 57.9 Å². The van der Waals surface area contributed by atoms with Crippen molar-refractivity contribution in [3.63, 3.8) is 0 Å². The predicted octanol–water partition coefficient (Wildman–Crippen LogP) is 3.22. The summed E-state index contributed by atoms with van der Waals surface area (Å²) in [5, 5.41) is 5.57. The summed E-state index contributed by atoms with van der Waals surface area (Å²) in [6.45, 7) is 6.54. The molecule has 0 unspecified atom stereocenters. The number of rotatable bonds is 7. The fraction of sp³-hybridized carbons (Fsp3) is 0.640. The first-order valence-corrected chi connectivity index (χ1v) is 11.9. The van der Waals surface area contributed by atoms with Crippen LogP contribution in [0.4, 0.5) is 9.59 Å². The molecule has 1 aromatic rings. The monoisotopic (exact) mass is 475 g/mol. The summed E-state index contributed by atoms with van der Waals surface area (Å²) < 4.78 is 16.2. The Kier molecular flexibility index (Phi) is 8.77. The minimum atomic E-state index is -0.608. The van der Waals surface area contributed by atoms with E-state index in [2.05, 4.69) is 10.6 Å². The van der Waals surface area contributed by atoms with Crippen molar-refractivity contribution in [2.45, 2.75) is 76.9 Å². The molecule has 1 saturated carbocycles. The number of likely N-dealkylation sites (tertiary alicyclic amines) is 1. The molecule has 1 saturated heterocycles. The molecule has 2 fully saturated rings. The third-order valence-electron chi connectivity index (χ3n) is 6.28. The van der Waals surface area contributed by atoms with Crippen LogP contribution < -0.4 is 10.6 Å². The molecule has 3 rings (SSSR count). The number of carbonyl (C=O) groups excluding carboxylic acids is 3. The summed E-state index contributed by atoms with van der Waals surface area (Å²) in [5.74, 6) is -0.0845. The van der Waals surface area contributed by atoms with Crippen LogP contribution in [0, 0.1) is 5.92 Å². The molecule has 4 atom stereocenters. The summed E-state index contributed by atoms with van der Waals surface area (Å²) in [7, 11) is 1.69. The van der Waals surface area contributed by atoms with Crippen LogP contribution in [-0.4, -0.2) is 67.0 Å². The van der Waals surface area contributed by atoms with Crippen molar-refractivity contribution >= 4 is 18.1 Å². The van der Waals surface area contributed by atoms with Crippen molar-refractivity contribution in [1.82, 2.24) is 15.5 Å². The van der Waals surface area contributed by atoms with Gasteiger partial charge in [-0.1, -0.05) is 30.3 Å². The number of hydrogen-bond acceptors (Lipinski definition) is 6. The summed E-state index contributed by atoms with van der Waals surface area (Å²) >= 11 is 0. The zero-order valence-corrected chi connectivity index (χ0v) is 20.5. The molecule has 2 N–H and O–H groups in total. The normalized spacial score (nSPS) is 25.1. The molecular formula is C25H37N3O6. The van der Waals surface area contributed by atoms with E-state index in [0.29, 0.717) is 19.5 Å². The van der Waals surface area contributed by atoms with E-state index in [1.54, 1.807) is 7.11 Å². The van der Waals surface area contributed by atoms with Crippen LogP contribution in [0.3, 0.4) is 0 Å². The van der Waals surface area contributed by atoms with Crippen LogP contribution in [0.2, 0.25) is 0 Å². The summed E-state index contributed by atoms with van der Waals surface area (Å²) in [5.41, 5.74) is 0.302. The molecule has 34 heavy (non-hydrogen) atoms. The van der Waals surface area contributed by atoms with E-state index in [-0.39, 0.29) is 30.6 Å². The van der Waals surface area contributed by atoms with Gasteiger partial charge in [0.05, 0.1) is 6.10 Å². The topological polar surface area (TPSA) is 106 Å². The second kappa shape index (κ2) is 11.6. The number of alkyl carbamates (subject to hydrolysis) is 2. The van der Waals surface area contributed by atoms with Crippen molar-refractivity contribution in [3.05, 3.63) is 35.9 Å². The molecule has 3 amide bonds. The van der Waals surface area contributed by atoms with Crippen molar-refractivity contribution in [2.75, 3.05) is 20.2 Å². The summed E-state index contributed by atoms with van der Waals surface area (Å²) in [6, 6.07) is 8.74. The molecule has 1 aliphatic carbocycles. The highest BCUT2D eigenvalue weighted by Crippen LogP contribution is 2.32. The Morgan fingerprint density at radius 3 is 2.50 bits per heavy atom. The van der Waals surface area contributed by atoms with Crippen molar-refractivity contribution in [3.8, 4) is 0 Å². The van der Waals surface area contributed by atoms with Gasteiger partial charge in [-0.25, -0.2) is 9.59 Å². The first-order valence-electron chi connectivity index (χ1n) is 11.9. The molecule has 188 valence electrons. The molecule has 0 bridgehead atoms. The lowest BCUT2D eigenvalue weighted by Crippen LogP contribution is -2.52. The Hall–Kier alpha value is -2.81. The lowest BCUT2D eigenvalue weighted by Gasteiger charge is -2.40. The van der Waals surface area contributed by atoms with Crippen LogP contribution in [0.25, 0.3) is 0 Å². The molecule has 9 nitrogen and oxygen atoms in total. The molecule has 1 heterocycles. The van der Waals surface area contributed by atoms with Gasteiger partial charge in [-0.15, -0.1) is 0 Å². The fourth-order valence-corrected chi connectivity index (χ4v) is 4.65. The van der Waals surface area contributed by atoms with Crippen LogP contribution in [0.15, 0.2) is 30.3 Å². The number of nitrogens with one attached hydrogen (secondary N) is 2. The van der Waals surface area contributed by atoms with Gasteiger partial charge in [0, 0.05) is 26.2 Å². The number of ether oxygens (including phenoxy) is 3. The van der Waals surface area contributed by atoms with Gasteiger partial charge >= 0.3 is 12.2 Å². The number of nitrogens with zero attached hydrogens (tertiary/aromatic N) is 1. The summed E-state index contributed by atoms with van der Waals surface area (Å²) in [6.07, 6.45) is 1.88. The third-order valence-corrected chi connectivity index (χ3v) is 6.28. The molecule has 0 aromatic heterocycles. The van der Waals surface area contributed by atoms with Gasteiger partial charge in [0.1, 0.15) is 18.2 Å². The van der Waals surface area contributed by atoms with Crippen LogP contribution in [-0.2, 0) is 25.6 Å². The number of amides is 3. The van der Waals surface area contributed by atoms with Gasteiger partial charge in [-0.3, -0.25) is 4.79 Å². The smallest absolute Gasteiger partial charge is 0.408 e. The second-order valence-electron chi connectivity index (χ2n) is 9.96. The Balaban J connectivity index is 1.55. The quantitative estimate of drug-likeness (QED) is 0.627. The maximum atomic E-state index is 13.1. The van der Waals surface area contributed by atoms with E-state index in [9.17, 15) is 14.4 Å². The first kappa shape index (κ1) is 25.8. The highest BCUT2D eigenvalue weighted by atomic mass is 16.6. The molecule has 0 spiro atoms. The van der Waals surface area contributed by atoms with Gasteiger partial charge in [0.2, 0.25) is 5.91 Å². The second-order valence-corrected chi connectivity index (χ2v) is 9.96. The lowest BCUT2D eigenvalue weighted by atomic mass is 9.81. The van der Waals surface area contributed by atoms with Crippen LogP contribution in [0.5, 0.6) is 0 Å². The minimum Gasteiger partial charge on any atom is -0.445 e. The summed E-state index contributed by atoms with van der Waals surface area (Å²) in [4.78, 5) is 39.4. The van der Waals surface area contributed by atoms with Gasteiger partial charge in [0.15, 0.2) is 0 Å². The number of carbonyl (C=O) groups is 3. The van der Waals surface area contributed by atoms with E-state index in [1.165, 1.54) is 0 Å². The lowest BCUT2D eigenvalue weighted by molar-refractivity contribution is -0.133. The zero-order chi connectivity index (χ0) is 24.7. The molecule has 9 heteroatoms. The first-order chi connectivity index (χ1) is 16.2. The standard InChI is InChI=1S/C25H37N3O6/c1-25(2,3)34-23(30)26-15-18-14-19(32-4)10-11-21(18)28-13-12-20(22(28)29)27-24(31)33-16-17-8-6-5-7-9-17/h5-9,18-21H,10-16H2,1-4H3,(H,26,30)(H,27,31)/t18-,19+,20-,21-/m0/s1. The largest absolute Gasteiger partial charge is 0.445 e. The zero-order valence-electron chi connectivity index (χ0n) is 20.5. The van der Waals surface area contributed by atoms with E-state index in [1.807, 2.05) is 56.0 Å². The Morgan fingerprint density at radius 2 is 1.82 bits per heavy atom. The molecule has 1 aliphatic heterocycles. The average molecular weight is 476 g/mol. The fourth-order valence-electron chi connectivity index (χ4n) is 4.65. The minimum absolute atomic E-state index is 0.0268. The van der Waals surface area contributed by atoms with Gasteiger partial charge < -0.3 is 29.7 Å². The molecule has 2 aliphatic rings. The van der Waals surface area contributed by atoms with Crippen LogP contribution in [0.1, 0.15) is 52.0 Å². The van der Waals surface area contributed by atoms with E-state index in [4.69, 9.17) is 14.2 Å². The highest BCUT2D eigenvalue weighted by molar-refractivity contribution is 5.87. The molecule has 0 radical (unpaired) electrons. The predicted molar refractivity (Wildman–Crippen MR) is 126 cm³/mol. The number of benzene rings is 1. The number of hydrogen-bond donors (Lipinski definition) is 2. The van der Waals surface area contributed by atoms with Gasteiger partial charge in [-0.2, -0.15) is 0 Å². The van der Waals surface area contributed by atoms with E-state index in [0.717, 1.165) is 24.8 Å². The van der Waals surface area contributed by atoms with Crippen molar-refractivity contribution in [2.24, 2.45) is 5.92 Å². The Labute approximate surface area is 201 Å². The maximum absolute atomic E-state index is 13.1. The van der Waals surface area contributed by atoms with E-state index >= 15 is 0 Å². The van der Waals surface area contributed by atoms with Gasteiger partial charge in [0.25, 0.3) is 0 Å². The highest BCUT2D eigenvalue weighted by Gasteiger charge is 2.42. The Morgan fingerprint density at radius 1 is 1.09 bits per heavy atom. The van der Waals surface area contributed by atoms with E-state index < -0.39 is 23.8 Å². The molecule has 1 aromatic carbocycles. The Bertz CT molecular complexity index is 841. The SMILES string of the molecule is CO[C@@H]1CC[C@H](N2CC[C@H](NC(=O)OCc3ccccc3)C2=O)[C@H](CNC(=O)OC(C)(C)C)C1. The average Bonchev–Trinajstić information content (AvgIpc) is 3.15. The third kappa shape index (κ3) is 7.35. The van der Waals surface area contributed by atoms with Crippen molar-refractivity contribution < 1.29 is 28.6 Å². The maximum Gasteiger partial charge on any atom is 0.408 e.